The summed E-state index contributed by atoms with van der Waals surface area (Å²) in [6.07, 6.45) is 3.31. The summed E-state index contributed by atoms with van der Waals surface area (Å²) in [5.74, 6) is 0.302. The molecule has 0 aliphatic carbocycles. The van der Waals surface area contributed by atoms with Crippen LogP contribution >= 0.6 is 0 Å². The fraction of sp³-hybridized carbons (Fsp3) is 0.571. The fourth-order valence-electron chi connectivity index (χ4n) is 4.28. The topological polar surface area (TPSA) is 76.5 Å². The Morgan fingerprint density at radius 3 is 2.71 bits per heavy atom. The highest BCUT2D eigenvalue weighted by Crippen LogP contribution is 2.32. The molecule has 0 saturated carbocycles. The first-order valence-electron chi connectivity index (χ1n) is 10.0. The van der Waals surface area contributed by atoms with Gasteiger partial charge in [0.25, 0.3) is 5.56 Å². The number of nitrogens with one attached hydrogen (secondary N) is 1. The van der Waals surface area contributed by atoms with Crippen LogP contribution in [-0.4, -0.2) is 51.8 Å². The second-order valence-electron chi connectivity index (χ2n) is 8.83. The average Bonchev–Trinajstić information content (AvgIpc) is 2.99. The smallest absolute Gasteiger partial charge is 0.407 e. The summed E-state index contributed by atoms with van der Waals surface area (Å²) in [7, 11) is 0. The normalized spacial score (nSPS) is 20.5. The van der Waals surface area contributed by atoms with E-state index in [0.29, 0.717) is 12.5 Å². The average molecular weight is 384 g/mol. The first-order chi connectivity index (χ1) is 13.3. The Bertz CT molecular complexity index is 939. The maximum atomic E-state index is 12.2. The van der Waals surface area contributed by atoms with Gasteiger partial charge in [-0.1, -0.05) is 0 Å². The van der Waals surface area contributed by atoms with Crippen molar-refractivity contribution in [1.29, 1.82) is 0 Å². The molecular formula is C21H28N4O3. The van der Waals surface area contributed by atoms with E-state index in [-0.39, 0.29) is 17.7 Å². The minimum Gasteiger partial charge on any atom is -0.444 e. The third-order valence-electron chi connectivity index (χ3n) is 5.53. The molecule has 2 aromatic rings. The van der Waals surface area contributed by atoms with Crippen LogP contribution in [0.3, 0.4) is 0 Å². The van der Waals surface area contributed by atoms with Crippen molar-refractivity contribution in [1.82, 2.24) is 19.8 Å². The summed E-state index contributed by atoms with van der Waals surface area (Å²) >= 11 is 0. The van der Waals surface area contributed by atoms with Crippen molar-refractivity contribution in [3.8, 4) is 0 Å². The van der Waals surface area contributed by atoms with Crippen molar-refractivity contribution in [2.24, 2.45) is 0 Å². The molecule has 0 aromatic carbocycles. The van der Waals surface area contributed by atoms with E-state index < -0.39 is 5.60 Å². The van der Waals surface area contributed by atoms with Gasteiger partial charge < -0.3 is 19.5 Å². The van der Waals surface area contributed by atoms with Gasteiger partial charge in [-0.3, -0.25) is 9.78 Å². The number of carbonyl (C=O) groups excluding carboxylic acids is 1. The van der Waals surface area contributed by atoms with Gasteiger partial charge in [0.1, 0.15) is 5.60 Å². The van der Waals surface area contributed by atoms with Crippen LogP contribution in [-0.2, 0) is 11.3 Å². The Hall–Kier alpha value is -2.41. The number of carbonyl (C=O) groups is 1. The van der Waals surface area contributed by atoms with Gasteiger partial charge in [-0.05, 0) is 51.3 Å². The van der Waals surface area contributed by atoms with E-state index in [9.17, 15) is 9.59 Å². The van der Waals surface area contributed by atoms with Crippen LogP contribution in [0, 0.1) is 0 Å². The monoisotopic (exact) mass is 384 g/mol. The Morgan fingerprint density at radius 1 is 1.25 bits per heavy atom. The maximum absolute atomic E-state index is 12.2. The van der Waals surface area contributed by atoms with Gasteiger partial charge in [-0.2, -0.15) is 0 Å². The van der Waals surface area contributed by atoms with Crippen LogP contribution in [0.2, 0.25) is 0 Å². The number of nitrogens with zero attached hydrogens (tertiary/aromatic N) is 3. The van der Waals surface area contributed by atoms with E-state index in [1.807, 2.05) is 43.7 Å². The van der Waals surface area contributed by atoms with Gasteiger partial charge in [0.2, 0.25) is 0 Å². The zero-order chi connectivity index (χ0) is 19.9. The van der Waals surface area contributed by atoms with Gasteiger partial charge in [-0.25, -0.2) is 4.79 Å². The largest absolute Gasteiger partial charge is 0.444 e. The van der Waals surface area contributed by atoms with Gasteiger partial charge in [0.05, 0.1) is 11.0 Å². The molecule has 7 heteroatoms. The molecule has 1 unspecified atom stereocenters. The molecule has 1 amide bonds. The summed E-state index contributed by atoms with van der Waals surface area (Å²) in [6.45, 7) is 9.10. The lowest BCUT2D eigenvalue weighted by molar-refractivity contribution is 0.0477. The molecule has 2 aliphatic heterocycles. The predicted molar refractivity (Wildman–Crippen MR) is 108 cm³/mol. The van der Waals surface area contributed by atoms with Gasteiger partial charge >= 0.3 is 6.09 Å². The zero-order valence-corrected chi connectivity index (χ0v) is 16.8. The number of ether oxygens (including phenoxy) is 1. The van der Waals surface area contributed by atoms with E-state index in [4.69, 9.17) is 4.74 Å². The van der Waals surface area contributed by atoms with Crippen LogP contribution < -0.4 is 10.9 Å². The number of hydrogen-bond donors (Lipinski definition) is 1. The standard InChI is InChI=1S/C21H28N4O3/c1-21(2,3)28-20(27)23-15-7-10-24(11-8-15)12-14-13-25-18(26)5-4-17-19(25)16(14)6-9-22-17/h4-6,9,14-15H,7-8,10-13H2,1-3H3,(H,23,27). The molecule has 0 radical (unpaired) electrons. The molecule has 2 aliphatic rings. The van der Waals surface area contributed by atoms with Gasteiger partial charge in [0.15, 0.2) is 0 Å². The molecule has 0 bridgehead atoms. The Morgan fingerprint density at radius 2 is 2.00 bits per heavy atom. The molecule has 1 fully saturated rings. The molecule has 4 heterocycles. The quantitative estimate of drug-likeness (QED) is 0.880. The summed E-state index contributed by atoms with van der Waals surface area (Å²) in [5.41, 5.74) is 2.67. The lowest BCUT2D eigenvalue weighted by atomic mass is 9.98. The SMILES string of the molecule is CC(C)(C)OC(=O)NC1CCN(CC2Cn3c(=O)ccc4nccc2c43)CC1. The van der Waals surface area contributed by atoms with Crippen molar-refractivity contribution >= 4 is 17.1 Å². The third-order valence-corrected chi connectivity index (χ3v) is 5.53. The van der Waals surface area contributed by atoms with Crippen molar-refractivity contribution in [2.75, 3.05) is 19.6 Å². The molecule has 150 valence electrons. The number of amides is 1. The van der Waals surface area contributed by atoms with E-state index in [0.717, 1.165) is 43.5 Å². The molecule has 7 nitrogen and oxygen atoms in total. The summed E-state index contributed by atoms with van der Waals surface area (Å²) < 4.78 is 7.21. The molecule has 0 spiro atoms. The molecule has 1 N–H and O–H groups in total. The molecular weight excluding hydrogens is 356 g/mol. The molecule has 4 rings (SSSR count). The van der Waals surface area contributed by atoms with Crippen LogP contribution in [0.25, 0.3) is 11.0 Å². The number of hydrogen-bond acceptors (Lipinski definition) is 5. The van der Waals surface area contributed by atoms with Gasteiger partial charge in [-0.15, -0.1) is 0 Å². The highest BCUT2D eigenvalue weighted by molar-refractivity contribution is 5.80. The summed E-state index contributed by atoms with van der Waals surface area (Å²) in [6, 6.07) is 5.62. The lowest BCUT2D eigenvalue weighted by Crippen LogP contribution is -2.46. The summed E-state index contributed by atoms with van der Waals surface area (Å²) in [4.78, 5) is 31.0. The van der Waals surface area contributed by atoms with Crippen molar-refractivity contribution in [3.63, 3.8) is 0 Å². The van der Waals surface area contributed by atoms with Crippen molar-refractivity contribution in [3.05, 3.63) is 40.3 Å². The van der Waals surface area contributed by atoms with E-state index in [2.05, 4.69) is 15.2 Å². The maximum Gasteiger partial charge on any atom is 0.407 e. The number of rotatable bonds is 3. The molecule has 28 heavy (non-hydrogen) atoms. The second kappa shape index (κ2) is 7.20. The fourth-order valence-corrected chi connectivity index (χ4v) is 4.28. The van der Waals surface area contributed by atoms with E-state index in [1.54, 1.807) is 6.07 Å². The molecule has 2 aromatic heterocycles. The number of alkyl carbamates (subject to hydrolysis) is 1. The molecule has 1 atom stereocenters. The Balaban J connectivity index is 1.35. The highest BCUT2D eigenvalue weighted by Gasteiger charge is 2.29. The van der Waals surface area contributed by atoms with Crippen molar-refractivity contribution < 1.29 is 9.53 Å². The minimum absolute atomic E-state index is 0.0459. The summed E-state index contributed by atoms with van der Waals surface area (Å²) in [5, 5.41) is 2.99. The number of aromatic nitrogens is 2. The number of likely N-dealkylation sites (tertiary alicyclic amines) is 1. The van der Waals surface area contributed by atoms with Crippen LogP contribution in [0.15, 0.2) is 29.2 Å². The number of pyridine rings is 2. The second-order valence-corrected chi connectivity index (χ2v) is 8.83. The first kappa shape index (κ1) is 18.9. The van der Waals surface area contributed by atoms with Gasteiger partial charge in [0, 0.05) is 50.4 Å². The zero-order valence-electron chi connectivity index (χ0n) is 16.8. The van der Waals surface area contributed by atoms with Crippen LogP contribution in [0.5, 0.6) is 0 Å². The van der Waals surface area contributed by atoms with Crippen LogP contribution in [0.1, 0.15) is 45.1 Å². The Labute approximate surface area is 164 Å². The van der Waals surface area contributed by atoms with Crippen LogP contribution in [0.4, 0.5) is 4.79 Å². The minimum atomic E-state index is -0.476. The third kappa shape index (κ3) is 3.90. The Kier molecular flexibility index (Phi) is 4.87. The molecule has 1 saturated heterocycles. The predicted octanol–water partition coefficient (Wildman–Crippen LogP) is 2.48. The van der Waals surface area contributed by atoms with E-state index >= 15 is 0 Å². The highest BCUT2D eigenvalue weighted by atomic mass is 16.6. The van der Waals surface area contributed by atoms with Crippen molar-refractivity contribution in [2.45, 2.75) is 57.7 Å². The number of piperidine rings is 1. The van der Waals surface area contributed by atoms with E-state index in [1.165, 1.54) is 5.56 Å². The lowest BCUT2D eigenvalue weighted by Gasteiger charge is -2.34. The first-order valence-corrected chi connectivity index (χ1v) is 10.0.